The normalized spacial score (nSPS) is 9.83. The van der Waals surface area contributed by atoms with Gasteiger partial charge >= 0.3 is 0 Å². The van der Waals surface area contributed by atoms with E-state index in [1.165, 1.54) is 18.1 Å². The van der Waals surface area contributed by atoms with E-state index in [1.54, 1.807) is 0 Å². The Morgan fingerprint density at radius 3 is 2.25 bits per heavy atom. The molecule has 1 aromatic carbocycles. The van der Waals surface area contributed by atoms with Crippen LogP contribution in [0.1, 0.15) is 13.8 Å². The van der Waals surface area contributed by atoms with Gasteiger partial charge in [0.15, 0.2) is 6.71 Å². The summed E-state index contributed by atoms with van der Waals surface area (Å²) in [4.78, 5) is 0. The molecule has 2 heteroatoms. The molecular weight excluding hydrogens is 145 g/mol. The lowest BCUT2D eigenvalue weighted by atomic mass is 9.41. The van der Waals surface area contributed by atoms with Crippen LogP contribution < -0.4 is 11.2 Å². The van der Waals surface area contributed by atoms with E-state index in [0.717, 1.165) is 5.69 Å². The van der Waals surface area contributed by atoms with Gasteiger partial charge in [0.05, 0.1) is 0 Å². The highest BCUT2D eigenvalue weighted by Gasteiger charge is 2.12. The van der Waals surface area contributed by atoms with Crippen molar-refractivity contribution in [3.63, 3.8) is 0 Å². The molecule has 1 nitrogen and oxygen atoms in total. The number of nitrogens with two attached hydrogens (primary N) is 1. The molecule has 0 unspecified atom stereocenters. The number of para-hydroxylation sites is 1. The van der Waals surface area contributed by atoms with Crippen LogP contribution >= 0.6 is 0 Å². The highest BCUT2D eigenvalue weighted by Crippen LogP contribution is 2.05. The standard InChI is InChI=1S/C10H16BN/c1-3-11(4-2)9-7-5-6-8-10(9)12/h5-8H,3-4,12H2,1-2H3. The van der Waals surface area contributed by atoms with Gasteiger partial charge in [0.1, 0.15) is 0 Å². The van der Waals surface area contributed by atoms with E-state index < -0.39 is 0 Å². The Morgan fingerprint density at radius 1 is 1.17 bits per heavy atom. The summed E-state index contributed by atoms with van der Waals surface area (Å²) in [5.74, 6) is 0. The zero-order valence-electron chi connectivity index (χ0n) is 7.88. The predicted octanol–water partition coefficient (Wildman–Crippen LogP) is 2.01. The van der Waals surface area contributed by atoms with E-state index in [4.69, 9.17) is 5.73 Å². The van der Waals surface area contributed by atoms with Crippen LogP contribution in [0.4, 0.5) is 5.69 Å². The fourth-order valence-corrected chi connectivity index (χ4v) is 1.61. The van der Waals surface area contributed by atoms with Crippen molar-refractivity contribution < 1.29 is 0 Å². The molecule has 0 bridgehead atoms. The SMILES string of the molecule is CCB(CC)c1ccccc1N. The van der Waals surface area contributed by atoms with Crippen molar-refractivity contribution in [3.05, 3.63) is 24.3 Å². The second-order valence-electron chi connectivity index (χ2n) is 3.14. The third-order valence-electron chi connectivity index (χ3n) is 2.42. The van der Waals surface area contributed by atoms with Crippen LogP contribution in [0.15, 0.2) is 24.3 Å². The summed E-state index contributed by atoms with van der Waals surface area (Å²) in [5, 5.41) is 0. The van der Waals surface area contributed by atoms with E-state index in [-0.39, 0.29) is 0 Å². The number of hydrogen-bond acceptors (Lipinski definition) is 1. The second kappa shape index (κ2) is 4.20. The van der Waals surface area contributed by atoms with Crippen LogP contribution in [0.25, 0.3) is 0 Å². The molecule has 0 aliphatic heterocycles. The molecule has 0 saturated carbocycles. The summed E-state index contributed by atoms with van der Waals surface area (Å²) < 4.78 is 0. The summed E-state index contributed by atoms with van der Waals surface area (Å²) in [6.45, 7) is 5.05. The molecule has 0 fully saturated rings. The fourth-order valence-electron chi connectivity index (χ4n) is 1.61. The molecule has 2 N–H and O–H groups in total. The van der Waals surface area contributed by atoms with Crippen molar-refractivity contribution in [1.82, 2.24) is 0 Å². The lowest BCUT2D eigenvalue weighted by Crippen LogP contribution is -2.30. The number of nitrogen functional groups attached to an aromatic ring is 1. The Bertz CT molecular complexity index is 243. The largest absolute Gasteiger partial charge is 0.399 e. The lowest BCUT2D eigenvalue weighted by molar-refractivity contribution is 1.33. The molecular formula is C10H16BN. The van der Waals surface area contributed by atoms with E-state index in [9.17, 15) is 0 Å². The van der Waals surface area contributed by atoms with Gasteiger partial charge in [-0.15, -0.1) is 0 Å². The number of anilines is 1. The van der Waals surface area contributed by atoms with Crippen LogP contribution in [-0.2, 0) is 0 Å². The Hall–Kier alpha value is -0.915. The number of benzene rings is 1. The first-order chi connectivity index (χ1) is 5.79. The van der Waals surface area contributed by atoms with Crippen molar-refractivity contribution in [2.45, 2.75) is 26.5 Å². The van der Waals surface area contributed by atoms with Crippen LogP contribution in [0, 0.1) is 0 Å². The average Bonchev–Trinajstić information content (AvgIpc) is 2.10. The molecule has 0 aromatic heterocycles. The van der Waals surface area contributed by atoms with E-state index >= 15 is 0 Å². The first-order valence-electron chi connectivity index (χ1n) is 4.64. The van der Waals surface area contributed by atoms with Gasteiger partial charge in [-0.2, -0.15) is 0 Å². The summed E-state index contributed by atoms with van der Waals surface area (Å²) in [6, 6.07) is 8.16. The van der Waals surface area contributed by atoms with Crippen LogP contribution in [0.3, 0.4) is 0 Å². The molecule has 0 atom stereocenters. The molecule has 0 spiro atoms. The molecule has 0 heterocycles. The third kappa shape index (κ3) is 1.82. The van der Waals surface area contributed by atoms with Gasteiger partial charge in [0.2, 0.25) is 0 Å². The van der Waals surface area contributed by atoms with Gasteiger partial charge < -0.3 is 5.73 Å². The minimum absolute atomic E-state index is 0.631. The maximum atomic E-state index is 5.87. The van der Waals surface area contributed by atoms with Crippen molar-refractivity contribution >= 4 is 17.9 Å². The monoisotopic (exact) mass is 161 g/mol. The molecule has 0 aliphatic rings. The first-order valence-corrected chi connectivity index (χ1v) is 4.64. The molecule has 64 valence electrons. The zero-order chi connectivity index (χ0) is 8.97. The quantitative estimate of drug-likeness (QED) is 0.532. The van der Waals surface area contributed by atoms with Crippen molar-refractivity contribution in [2.75, 3.05) is 5.73 Å². The van der Waals surface area contributed by atoms with Gasteiger partial charge in [-0.3, -0.25) is 0 Å². The van der Waals surface area contributed by atoms with Crippen molar-refractivity contribution in [2.24, 2.45) is 0 Å². The van der Waals surface area contributed by atoms with Gasteiger partial charge in [-0.1, -0.05) is 50.1 Å². The zero-order valence-corrected chi connectivity index (χ0v) is 7.88. The second-order valence-corrected chi connectivity index (χ2v) is 3.14. The number of rotatable bonds is 3. The molecule has 0 amide bonds. The lowest BCUT2D eigenvalue weighted by Gasteiger charge is -2.11. The summed E-state index contributed by atoms with van der Waals surface area (Å²) in [7, 11) is 0. The van der Waals surface area contributed by atoms with Crippen molar-refractivity contribution in [3.8, 4) is 0 Å². The summed E-state index contributed by atoms with van der Waals surface area (Å²) >= 11 is 0. The van der Waals surface area contributed by atoms with Crippen LogP contribution in [-0.4, -0.2) is 6.71 Å². The van der Waals surface area contributed by atoms with E-state index in [1.807, 2.05) is 12.1 Å². The number of hydrogen-bond donors (Lipinski definition) is 1. The fraction of sp³-hybridized carbons (Fsp3) is 0.400. The Kier molecular flexibility index (Phi) is 3.21. The molecule has 12 heavy (non-hydrogen) atoms. The highest BCUT2D eigenvalue weighted by molar-refractivity contribution is 6.74. The molecule has 1 aromatic rings. The predicted molar refractivity (Wildman–Crippen MR) is 57.2 cm³/mol. The Morgan fingerprint density at radius 2 is 1.75 bits per heavy atom. The van der Waals surface area contributed by atoms with Crippen molar-refractivity contribution in [1.29, 1.82) is 0 Å². The van der Waals surface area contributed by atoms with E-state index in [2.05, 4.69) is 26.0 Å². The maximum Gasteiger partial charge on any atom is 0.178 e. The topological polar surface area (TPSA) is 26.0 Å². The average molecular weight is 161 g/mol. The molecule has 0 radical (unpaired) electrons. The first kappa shape index (κ1) is 9.18. The third-order valence-corrected chi connectivity index (χ3v) is 2.42. The highest BCUT2D eigenvalue weighted by atomic mass is 14.5. The Balaban J connectivity index is 2.92. The molecule has 1 rings (SSSR count). The smallest absolute Gasteiger partial charge is 0.178 e. The molecule has 0 aliphatic carbocycles. The summed E-state index contributed by atoms with van der Waals surface area (Å²) in [6.07, 6.45) is 2.34. The van der Waals surface area contributed by atoms with Crippen LogP contribution in [0.2, 0.25) is 12.6 Å². The summed E-state index contributed by atoms with van der Waals surface area (Å²) in [5.41, 5.74) is 8.12. The minimum Gasteiger partial charge on any atom is -0.399 e. The van der Waals surface area contributed by atoms with Gasteiger partial charge in [0, 0.05) is 5.69 Å². The maximum absolute atomic E-state index is 5.87. The van der Waals surface area contributed by atoms with Gasteiger partial charge in [-0.05, 0) is 6.07 Å². The molecule has 0 saturated heterocycles. The van der Waals surface area contributed by atoms with Gasteiger partial charge in [-0.25, -0.2) is 0 Å². The van der Waals surface area contributed by atoms with Gasteiger partial charge in [0.25, 0.3) is 0 Å². The van der Waals surface area contributed by atoms with Crippen LogP contribution in [0.5, 0.6) is 0 Å². The van der Waals surface area contributed by atoms with E-state index in [0.29, 0.717) is 6.71 Å². The minimum atomic E-state index is 0.631. The Labute approximate surface area is 75.1 Å².